The minimum absolute atomic E-state index is 1.31. The van der Waals surface area contributed by atoms with Gasteiger partial charge in [-0.05, 0) is 0 Å². The van der Waals surface area contributed by atoms with Gasteiger partial charge in [-0.15, -0.1) is 8.83 Å². The monoisotopic (exact) mass is 127 g/mol. The highest BCUT2D eigenvalue weighted by Gasteiger charge is 2.10. The number of hydrogen-bond donors (Lipinski definition) is 0. The zero-order valence-corrected chi connectivity index (χ0v) is 5.30. The van der Waals surface area contributed by atoms with Crippen LogP contribution >= 0.6 is 17.7 Å². The summed E-state index contributed by atoms with van der Waals surface area (Å²) >= 11 is 0. The summed E-state index contributed by atoms with van der Waals surface area (Å²) < 4.78 is 18.1. The van der Waals surface area contributed by atoms with Crippen LogP contribution < -0.4 is 0 Å². The number of hydrogen-bond acceptors (Lipinski definition) is 3. The van der Waals surface area contributed by atoms with E-state index in [1.165, 1.54) is 7.11 Å². The topological polar surface area (TPSA) is 35.5 Å². The maximum atomic E-state index is 9.86. The van der Waals surface area contributed by atoms with Crippen LogP contribution in [-0.4, -0.2) is 7.11 Å². The molecular weight excluding hydrogens is 122 g/mol. The van der Waals surface area contributed by atoms with E-state index in [4.69, 9.17) is 0 Å². The molecule has 0 saturated carbocycles. The number of rotatable bonds is 2. The molecule has 0 aliphatic heterocycles. The Morgan fingerprint density at radius 3 is 2.33 bits per heavy atom. The molecule has 5 heteroatoms. The molecule has 0 aromatic heterocycles. The van der Waals surface area contributed by atoms with E-state index in [0.717, 1.165) is 0 Å². The highest BCUT2D eigenvalue weighted by Crippen LogP contribution is 2.24. The van der Waals surface area contributed by atoms with Crippen molar-refractivity contribution in [2.75, 3.05) is 7.11 Å². The summed E-state index contributed by atoms with van der Waals surface area (Å²) in [7, 11) is 1.28. The second kappa shape index (κ2) is 3.63. The molecule has 0 radical (unpaired) electrons. The van der Waals surface area contributed by atoms with Gasteiger partial charge in [0.05, 0.1) is 16.6 Å². The third kappa shape index (κ3) is 2.67. The van der Waals surface area contributed by atoms with Crippen molar-refractivity contribution in [3.8, 4) is 0 Å². The summed E-state index contributed by atoms with van der Waals surface area (Å²) in [5, 5.41) is 0. The lowest BCUT2D eigenvalue weighted by molar-refractivity contribution is 0.362. The van der Waals surface area contributed by atoms with Crippen LogP contribution in [0.5, 0.6) is 0 Å². The van der Waals surface area contributed by atoms with E-state index in [1.54, 1.807) is 0 Å². The molecule has 36 valence electrons. The smallest absolute Gasteiger partial charge is 0.122 e. The van der Waals surface area contributed by atoms with Crippen LogP contribution in [0.1, 0.15) is 0 Å². The lowest BCUT2D eigenvalue weighted by Gasteiger charge is -1.66. The van der Waals surface area contributed by atoms with Gasteiger partial charge >= 0.3 is 8.25 Å². The van der Waals surface area contributed by atoms with E-state index in [0.29, 0.717) is 0 Å². The molecule has 0 spiro atoms. The quantitative estimate of drug-likeness (QED) is 0.521. The summed E-state index contributed by atoms with van der Waals surface area (Å²) in [6.07, 6.45) is 0. The van der Waals surface area contributed by atoms with Gasteiger partial charge in [-0.1, -0.05) is 0 Å². The molecule has 6 heavy (non-hydrogen) atoms. The molecule has 0 aliphatic rings. The van der Waals surface area contributed by atoms with Crippen molar-refractivity contribution in [2.45, 2.75) is 0 Å². The first-order valence-corrected chi connectivity index (χ1v) is 2.76. The molecule has 2 unspecified atom stereocenters. The summed E-state index contributed by atoms with van der Waals surface area (Å²) in [6.45, 7) is 0. The van der Waals surface area contributed by atoms with Gasteiger partial charge in [0, 0.05) is 4.57 Å². The van der Waals surface area contributed by atoms with Crippen LogP contribution in [0.4, 0.5) is 0 Å². The van der Waals surface area contributed by atoms with Crippen LogP contribution in [0, 0.1) is 0 Å². The van der Waals surface area contributed by atoms with Gasteiger partial charge in [0.2, 0.25) is 0 Å². The van der Waals surface area contributed by atoms with Gasteiger partial charge < -0.3 is 0 Å². The van der Waals surface area contributed by atoms with Crippen LogP contribution in [0.2, 0.25) is 0 Å². The molecule has 0 aromatic carbocycles. The van der Waals surface area contributed by atoms with Crippen molar-refractivity contribution in [1.82, 2.24) is 0 Å². The molecule has 0 saturated heterocycles. The fourth-order valence-corrected chi connectivity index (χ4v) is 0.387. The molecule has 0 heterocycles. The highest BCUT2D eigenvalue weighted by atomic mass is 31.2. The molecule has 0 fully saturated rings. The van der Waals surface area contributed by atoms with Crippen LogP contribution in [0.25, 0.3) is 0 Å². The Hall–Kier alpha value is 0.450. The molecule has 0 aliphatic carbocycles. The first-order valence-electron chi connectivity index (χ1n) is 1.19. The maximum Gasteiger partial charge on any atom is 0.699 e. The van der Waals surface area contributed by atoms with Gasteiger partial charge in [0.15, 0.2) is 0 Å². The predicted molar refractivity (Wildman–Crippen MR) is 25.4 cm³/mol. The fraction of sp³-hybridized carbons (Fsp3) is 1.00. The predicted octanol–water partition coefficient (Wildman–Crippen LogP) is 1.10. The van der Waals surface area contributed by atoms with E-state index < -0.39 is 8.25 Å². The Kier molecular flexibility index (Phi) is 3.91. The van der Waals surface area contributed by atoms with E-state index in [9.17, 15) is 4.57 Å². The molecule has 2 atom stereocenters. The summed E-state index contributed by atoms with van der Waals surface area (Å²) in [5.41, 5.74) is 0. The fourth-order valence-electron chi connectivity index (χ4n) is 0.0430. The summed E-state index contributed by atoms with van der Waals surface area (Å²) in [6, 6.07) is 0. The van der Waals surface area contributed by atoms with Crippen molar-refractivity contribution in [2.24, 2.45) is 0 Å². The summed E-state index contributed by atoms with van der Waals surface area (Å²) in [5.74, 6) is 0. The third-order valence-electron chi connectivity index (χ3n) is 0.235. The van der Waals surface area contributed by atoms with Crippen molar-refractivity contribution >= 4 is 17.7 Å². The van der Waals surface area contributed by atoms with Gasteiger partial charge in [0.1, 0.15) is 0 Å². The molecular formula is CH5O3P2+. The lowest BCUT2D eigenvalue weighted by Crippen LogP contribution is -1.60. The zero-order valence-electron chi connectivity index (χ0n) is 3.25. The SMILES string of the molecule is CO[P+](=O)OP. The van der Waals surface area contributed by atoms with E-state index >= 15 is 0 Å². The first kappa shape index (κ1) is 6.45. The molecule has 0 aromatic rings. The second-order valence-corrected chi connectivity index (χ2v) is 2.17. The van der Waals surface area contributed by atoms with E-state index in [1.807, 2.05) is 9.47 Å². The summed E-state index contributed by atoms with van der Waals surface area (Å²) in [4.78, 5) is 0. The van der Waals surface area contributed by atoms with Crippen LogP contribution in [0.3, 0.4) is 0 Å². The standard InChI is InChI=1S/CH5O3P2/c1-3-6(2)4-5/h5H2,1H3/q+1. The van der Waals surface area contributed by atoms with Crippen molar-refractivity contribution in [1.29, 1.82) is 0 Å². The van der Waals surface area contributed by atoms with Crippen molar-refractivity contribution < 1.29 is 13.4 Å². The average molecular weight is 127 g/mol. The van der Waals surface area contributed by atoms with Crippen molar-refractivity contribution in [3.05, 3.63) is 0 Å². The van der Waals surface area contributed by atoms with Gasteiger partial charge in [-0.25, -0.2) is 0 Å². The Morgan fingerprint density at radius 2 is 2.33 bits per heavy atom. The van der Waals surface area contributed by atoms with Crippen molar-refractivity contribution in [3.63, 3.8) is 0 Å². The average Bonchev–Trinajstić information content (AvgIpc) is 1.65. The van der Waals surface area contributed by atoms with Crippen LogP contribution in [0.15, 0.2) is 0 Å². The van der Waals surface area contributed by atoms with Gasteiger partial charge in [-0.2, -0.15) is 0 Å². The Morgan fingerprint density at radius 1 is 1.83 bits per heavy atom. The molecule has 0 rings (SSSR count). The normalized spacial score (nSPS) is 11.3. The van der Waals surface area contributed by atoms with Crippen LogP contribution in [-0.2, 0) is 13.4 Å². The minimum atomic E-state index is -1.86. The minimum Gasteiger partial charge on any atom is -0.122 e. The molecule has 0 bridgehead atoms. The van der Waals surface area contributed by atoms with E-state index in [2.05, 4.69) is 8.83 Å². The third-order valence-corrected chi connectivity index (χ3v) is 1.22. The Balaban J connectivity index is 2.99. The first-order chi connectivity index (χ1) is 2.81. The molecule has 0 amide bonds. The molecule has 3 nitrogen and oxygen atoms in total. The maximum absolute atomic E-state index is 9.86. The van der Waals surface area contributed by atoms with E-state index in [-0.39, 0.29) is 0 Å². The molecule has 0 N–H and O–H groups in total. The largest absolute Gasteiger partial charge is 0.699 e. The Bertz CT molecular complexity index is 46.8. The second-order valence-electron chi connectivity index (χ2n) is 0.512. The zero-order chi connectivity index (χ0) is 4.99. The van der Waals surface area contributed by atoms with Gasteiger partial charge in [-0.3, -0.25) is 0 Å². The Labute approximate surface area is 39.3 Å². The highest BCUT2D eigenvalue weighted by molar-refractivity contribution is 7.40. The lowest BCUT2D eigenvalue weighted by atomic mass is 11.8. The van der Waals surface area contributed by atoms with Gasteiger partial charge in [0.25, 0.3) is 0 Å².